The van der Waals surface area contributed by atoms with Crippen LogP contribution in [0, 0.1) is 0 Å². The zero-order chi connectivity index (χ0) is 37.2. The highest BCUT2D eigenvalue weighted by atomic mass is 31.2. The summed E-state index contributed by atoms with van der Waals surface area (Å²) < 4.78 is 25.7. The SMILES string of the molecule is CP(C)(=O)c1ccc(-c2c3ccccc3c(-c3ccc(-c4c5ccccc5c(-c5ccc(P(C)(C)=O)cc5)c5ccccc45)cc3)c3ccccc23)cc1. The molecule has 0 spiro atoms. The van der Waals surface area contributed by atoms with Gasteiger partial charge in [-0.3, -0.25) is 0 Å². The number of hydrogen-bond donors (Lipinski definition) is 0. The molecule has 0 fully saturated rings. The molecule has 4 heteroatoms. The van der Waals surface area contributed by atoms with Crippen molar-refractivity contribution in [3.05, 3.63) is 170 Å². The quantitative estimate of drug-likeness (QED) is 0.126. The second-order valence-corrected chi connectivity index (χ2v) is 21.5. The van der Waals surface area contributed by atoms with E-state index >= 15 is 0 Å². The van der Waals surface area contributed by atoms with Gasteiger partial charge in [-0.15, -0.1) is 0 Å². The normalized spacial score (nSPS) is 12.2. The van der Waals surface area contributed by atoms with Crippen LogP contribution in [0.2, 0.25) is 0 Å². The molecule has 0 bridgehead atoms. The Morgan fingerprint density at radius 3 is 0.593 bits per heavy atom. The van der Waals surface area contributed by atoms with E-state index in [0.717, 1.165) is 21.7 Å². The van der Waals surface area contributed by atoms with Gasteiger partial charge in [0, 0.05) is 10.6 Å². The van der Waals surface area contributed by atoms with Crippen LogP contribution in [0.3, 0.4) is 0 Å². The second-order valence-electron chi connectivity index (χ2n) is 15.1. The highest BCUT2D eigenvalue weighted by Gasteiger charge is 2.20. The topological polar surface area (TPSA) is 34.1 Å². The van der Waals surface area contributed by atoms with Gasteiger partial charge in [0.15, 0.2) is 0 Å². The molecular weight excluding hydrogens is 694 g/mol. The summed E-state index contributed by atoms with van der Waals surface area (Å²) in [5.41, 5.74) is 9.41. The molecule has 0 aliphatic heterocycles. The van der Waals surface area contributed by atoms with Crippen molar-refractivity contribution in [3.8, 4) is 44.5 Å². The van der Waals surface area contributed by atoms with Gasteiger partial charge in [-0.1, -0.05) is 170 Å². The zero-order valence-corrected chi connectivity index (χ0v) is 32.7. The fourth-order valence-corrected chi connectivity index (χ4v) is 10.0. The minimum atomic E-state index is -2.36. The molecule has 9 aromatic carbocycles. The summed E-state index contributed by atoms with van der Waals surface area (Å²) in [6.45, 7) is 7.30. The predicted octanol–water partition coefficient (Wildman–Crippen LogP) is 13.5. The molecule has 0 aliphatic carbocycles. The Kier molecular flexibility index (Phi) is 8.31. The molecule has 0 aliphatic rings. The van der Waals surface area contributed by atoms with Crippen LogP contribution in [0.4, 0.5) is 0 Å². The highest BCUT2D eigenvalue weighted by Crippen LogP contribution is 2.47. The summed E-state index contributed by atoms with van der Waals surface area (Å²) in [6, 6.07) is 60.6. The van der Waals surface area contributed by atoms with Crippen molar-refractivity contribution in [3.63, 3.8) is 0 Å². The molecule has 262 valence electrons. The van der Waals surface area contributed by atoms with Crippen LogP contribution in [0.5, 0.6) is 0 Å². The van der Waals surface area contributed by atoms with Crippen molar-refractivity contribution in [2.75, 3.05) is 26.7 Å². The average molecular weight is 735 g/mol. The Morgan fingerprint density at radius 2 is 0.426 bits per heavy atom. The summed E-state index contributed by atoms with van der Waals surface area (Å²) in [5, 5.41) is 11.4. The Hall–Kier alpha value is -5.52. The third kappa shape index (κ3) is 5.82. The Labute approximate surface area is 316 Å². The predicted molar refractivity (Wildman–Crippen MR) is 236 cm³/mol. The smallest absolute Gasteiger partial charge is 0.109 e. The molecule has 0 radical (unpaired) electrons. The van der Waals surface area contributed by atoms with E-state index in [1.165, 1.54) is 76.5 Å². The number of hydrogen-bond acceptors (Lipinski definition) is 2. The van der Waals surface area contributed by atoms with Crippen molar-refractivity contribution in [2.45, 2.75) is 0 Å². The monoisotopic (exact) mass is 734 g/mol. The first-order valence-corrected chi connectivity index (χ1v) is 23.6. The Bertz CT molecular complexity index is 2680. The summed E-state index contributed by atoms with van der Waals surface area (Å²) in [4.78, 5) is 0. The molecule has 0 heterocycles. The largest absolute Gasteiger partial charge is 0.319 e. The standard InChI is InChI=1S/C50H40O2P2/c1-53(2,51)37-29-25-35(26-30-37)49-43-17-9-5-13-39(43)47(40-14-6-10-18-44(40)49)33-21-23-34(24-22-33)48-41-15-7-11-19-45(41)50(46-20-12-8-16-42(46)48)36-27-31-38(32-28-36)54(3,4)52/h5-32H,1-4H3. The molecule has 0 saturated heterocycles. The van der Waals surface area contributed by atoms with E-state index < -0.39 is 14.3 Å². The third-order valence-electron chi connectivity index (χ3n) is 10.9. The van der Waals surface area contributed by atoms with Crippen molar-refractivity contribution < 1.29 is 9.13 Å². The van der Waals surface area contributed by atoms with E-state index in [1.54, 1.807) is 0 Å². The van der Waals surface area contributed by atoms with Gasteiger partial charge in [-0.25, -0.2) is 0 Å². The maximum absolute atomic E-state index is 12.8. The lowest BCUT2D eigenvalue weighted by atomic mass is 9.84. The maximum Gasteiger partial charge on any atom is 0.109 e. The van der Waals surface area contributed by atoms with Crippen LogP contribution in [-0.4, -0.2) is 26.7 Å². The average Bonchev–Trinajstić information content (AvgIpc) is 3.18. The van der Waals surface area contributed by atoms with Crippen LogP contribution in [-0.2, 0) is 9.13 Å². The third-order valence-corrected chi connectivity index (χ3v) is 14.0. The van der Waals surface area contributed by atoms with E-state index in [1.807, 2.05) is 50.9 Å². The minimum absolute atomic E-state index is 0.895. The number of fused-ring (bicyclic) bond motifs is 4. The molecule has 0 atom stereocenters. The van der Waals surface area contributed by atoms with Crippen LogP contribution in [0.25, 0.3) is 87.6 Å². The summed E-state index contributed by atoms with van der Waals surface area (Å²) in [6.07, 6.45) is 0. The van der Waals surface area contributed by atoms with Gasteiger partial charge < -0.3 is 9.13 Å². The molecule has 0 aromatic heterocycles. The minimum Gasteiger partial charge on any atom is -0.319 e. The first-order chi connectivity index (χ1) is 26.1. The van der Waals surface area contributed by atoms with Crippen LogP contribution >= 0.6 is 14.3 Å². The molecule has 54 heavy (non-hydrogen) atoms. The van der Waals surface area contributed by atoms with E-state index in [4.69, 9.17) is 0 Å². The van der Waals surface area contributed by atoms with Crippen molar-refractivity contribution in [2.24, 2.45) is 0 Å². The first kappa shape index (κ1) is 34.3. The molecule has 9 aromatic rings. The van der Waals surface area contributed by atoms with Crippen molar-refractivity contribution in [1.29, 1.82) is 0 Å². The van der Waals surface area contributed by atoms with Crippen LogP contribution < -0.4 is 10.6 Å². The van der Waals surface area contributed by atoms with Gasteiger partial charge >= 0.3 is 0 Å². The molecular formula is C50H40O2P2. The first-order valence-electron chi connectivity index (χ1n) is 18.4. The lowest BCUT2D eigenvalue weighted by molar-refractivity contribution is 0.587. The molecule has 0 amide bonds. The Morgan fingerprint density at radius 1 is 0.259 bits per heavy atom. The Balaban J connectivity index is 1.22. The van der Waals surface area contributed by atoms with E-state index in [9.17, 15) is 9.13 Å². The van der Waals surface area contributed by atoms with Gasteiger partial charge in [0.05, 0.1) is 0 Å². The molecule has 0 saturated carbocycles. The van der Waals surface area contributed by atoms with Crippen LogP contribution in [0.1, 0.15) is 0 Å². The summed E-state index contributed by atoms with van der Waals surface area (Å²) in [7, 11) is -4.72. The molecule has 2 nitrogen and oxygen atoms in total. The van der Waals surface area contributed by atoms with E-state index in [-0.39, 0.29) is 0 Å². The van der Waals surface area contributed by atoms with Crippen molar-refractivity contribution >= 4 is 68.0 Å². The van der Waals surface area contributed by atoms with Gasteiger partial charge in [0.25, 0.3) is 0 Å². The van der Waals surface area contributed by atoms with Crippen LogP contribution in [0.15, 0.2) is 170 Å². The van der Waals surface area contributed by atoms with Gasteiger partial charge in [-0.05, 0) is 114 Å². The fourth-order valence-electron chi connectivity index (χ4n) is 8.28. The lowest BCUT2D eigenvalue weighted by Gasteiger charge is -2.19. The van der Waals surface area contributed by atoms with E-state index in [2.05, 4.69) is 146 Å². The van der Waals surface area contributed by atoms with E-state index in [0.29, 0.717) is 0 Å². The summed E-state index contributed by atoms with van der Waals surface area (Å²) >= 11 is 0. The highest BCUT2D eigenvalue weighted by molar-refractivity contribution is 7.70. The van der Waals surface area contributed by atoms with Gasteiger partial charge in [0.2, 0.25) is 0 Å². The molecule has 9 rings (SSSR count). The zero-order valence-electron chi connectivity index (χ0n) is 30.9. The fraction of sp³-hybridized carbons (Fsp3) is 0.0800. The second kappa shape index (κ2) is 13.1. The molecule has 0 N–H and O–H groups in total. The maximum atomic E-state index is 12.8. The van der Waals surface area contributed by atoms with Crippen molar-refractivity contribution in [1.82, 2.24) is 0 Å². The number of benzene rings is 9. The van der Waals surface area contributed by atoms with Gasteiger partial charge in [-0.2, -0.15) is 0 Å². The summed E-state index contributed by atoms with van der Waals surface area (Å²) in [5.74, 6) is 0. The number of rotatable bonds is 6. The molecule has 0 unspecified atom stereocenters. The lowest BCUT2D eigenvalue weighted by Crippen LogP contribution is -2.01. The van der Waals surface area contributed by atoms with Gasteiger partial charge in [0.1, 0.15) is 14.3 Å².